The number of halogens is 1. The molecule has 0 unspecified atom stereocenters. The smallest absolute Gasteiger partial charge is 0.142 e. The van der Waals surface area contributed by atoms with Gasteiger partial charge in [0.05, 0.1) is 0 Å². The van der Waals surface area contributed by atoms with Crippen LogP contribution in [0.25, 0.3) is 6.08 Å². The third-order valence-corrected chi connectivity index (χ3v) is 2.98. The van der Waals surface area contributed by atoms with Crippen LogP contribution in [0.15, 0.2) is 54.6 Å². The number of allylic oxidation sites excluding steroid dienone is 1. The number of aldehydes is 1. The van der Waals surface area contributed by atoms with E-state index in [1.807, 2.05) is 48.5 Å². The van der Waals surface area contributed by atoms with Crippen LogP contribution in [0.1, 0.15) is 11.1 Å². The topological polar surface area (TPSA) is 26.3 Å². The molecule has 0 heterocycles. The molecule has 19 heavy (non-hydrogen) atoms. The summed E-state index contributed by atoms with van der Waals surface area (Å²) in [5.41, 5.74) is 1.79. The van der Waals surface area contributed by atoms with Crippen molar-refractivity contribution in [2.24, 2.45) is 0 Å². The van der Waals surface area contributed by atoms with Crippen molar-refractivity contribution in [3.05, 3.63) is 70.8 Å². The predicted molar refractivity (Wildman–Crippen MR) is 77.3 cm³/mol. The summed E-state index contributed by atoms with van der Waals surface area (Å²) < 4.78 is 5.75. The van der Waals surface area contributed by atoms with Gasteiger partial charge in [0.2, 0.25) is 0 Å². The van der Waals surface area contributed by atoms with Crippen molar-refractivity contribution in [3.63, 3.8) is 0 Å². The summed E-state index contributed by atoms with van der Waals surface area (Å²) in [4.78, 5) is 10.4. The maximum atomic E-state index is 10.4. The first-order valence-electron chi connectivity index (χ1n) is 5.88. The average molecular weight is 273 g/mol. The van der Waals surface area contributed by atoms with Gasteiger partial charge in [-0.15, -0.1) is 0 Å². The van der Waals surface area contributed by atoms with Gasteiger partial charge in [0, 0.05) is 16.1 Å². The van der Waals surface area contributed by atoms with Crippen molar-refractivity contribution >= 4 is 24.0 Å². The molecule has 0 fully saturated rings. The molecule has 0 amide bonds. The second-order valence-electron chi connectivity index (χ2n) is 3.91. The molecule has 0 spiro atoms. The van der Waals surface area contributed by atoms with Crippen LogP contribution >= 0.6 is 11.6 Å². The van der Waals surface area contributed by atoms with E-state index in [1.54, 1.807) is 6.08 Å². The van der Waals surface area contributed by atoms with Gasteiger partial charge in [-0.2, -0.15) is 0 Å². The Labute approximate surface area is 117 Å². The van der Waals surface area contributed by atoms with Crippen molar-refractivity contribution in [2.45, 2.75) is 6.61 Å². The van der Waals surface area contributed by atoms with Gasteiger partial charge in [-0.05, 0) is 24.3 Å². The number of carbonyl (C=O) groups excluding carboxylic acids is 1. The second kappa shape index (κ2) is 6.76. The molecule has 2 rings (SSSR count). The van der Waals surface area contributed by atoms with E-state index >= 15 is 0 Å². The van der Waals surface area contributed by atoms with Gasteiger partial charge >= 0.3 is 0 Å². The molecule has 3 heteroatoms. The first kappa shape index (κ1) is 13.4. The summed E-state index contributed by atoms with van der Waals surface area (Å²) in [6, 6.07) is 15.1. The number of para-hydroxylation sites is 1. The summed E-state index contributed by atoms with van der Waals surface area (Å²) in [6.45, 7) is 0.394. The highest BCUT2D eigenvalue weighted by Crippen LogP contribution is 2.22. The standard InChI is InChI=1S/C16H13ClO2/c17-15-9-3-1-7-14(15)12-19-16-10-4-2-6-13(16)8-5-11-18/h1-11H,12H2/b8-5+. The Kier molecular flexibility index (Phi) is 4.76. The Morgan fingerprint density at radius 1 is 1.05 bits per heavy atom. The normalized spacial score (nSPS) is 10.6. The van der Waals surface area contributed by atoms with Gasteiger partial charge < -0.3 is 4.74 Å². The van der Waals surface area contributed by atoms with Crippen LogP contribution in [0, 0.1) is 0 Å². The summed E-state index contributed by atoms with van der Waals surface area (Å²) in [5.74, 6) is 0.723. The number of ether oxygens (including phenoxy) is 1. The first-order chi connectivity index (χ1) is 9.31. The second-order valence-corrected chi connectivity index (χ2v) is 4.32. The molecule has 2 aromatic rings. The third-order valence-electron chi connectivity index (χ3n) is 2.61. The number of hydrogen-bond acceptors (Lipinski definition) is 2. The number of carbonyl (C=O) groups is 1. The number of benzene rings is 2. The lowest BCUT2D eigenvalue weighted by Crippen LogP contribution is -1.97. The SMILES string of the molecule is O=C/C=C/c1ccccc1OCc1ccccc1Cl. The van der Waals surface area contributed by atoms with Crippen LogP contribution in [-0.4, -0.2) is 6.29 Å². The summed E-state index contributed by atoms with van der Waals surface area (Å²) in [5, 5.41) is 0.684. The van der Waals surface area contributed by atoms with Gasteiger partial charge in [-0.1, -0.05) is 48.0 Å². The lowest BCUT2D eigenvalue weighted by Gasteiger charge is -2.10. The Hall–Kier alpha value is -2.06. The van der Waals surface area contributed by atoms with E-state index < -0.39 is 0 Å². The molecule has 0 aliphatic rings. The highest BCUT2D eigenvalue weighted by Gasteiger charge is 2.03. The van der Waals surface area contributed by atoms with Crippen molar-refractivity contribution in [1.29, 1.82) is 0 Å². The average Bonchev–Trinajstić information content (AvgIpc) is 2.45. The van der Waals surface area contributed by atoms with E-state index in [4.69, 9.17) is 16.3 Å². The monoisotopic (exact) mass is 272 g/mol. The molecule has 0 aromatic heterocycles. The van der Waals surface area contributed by atoms with Crippen molar-refractivity contribution in [3.8, 4) is 5.75 Å². The predicted octanol–water partition coefficient (Wildman–Crippen LogP) is 4.13. The molecule has 2 aromatic carbocycles. The largest absolute Gasteiger partial charge is 0.488 e. The minimum absolute atomic E-state index is 0.394. The molecule has 0 radical (unpaired) electrons. The van der Waals surface area contributed by atoms with Crippen LogP contribution < -0.4 is 4.74 Å². The minimum Gasteiger partial charge on any atom is -0.488 e. The van der Waals surface area contributed by atoms with Gasteiger partial charge in [-0.3, -0.25) is 4.79 Å². The molecule has 0 saturated heterocycles. The van der Waals surface area contributed by atoms with Crippen molar-refractivity contribution < 1.29 is 9.53 Å². The Morgan fingerprint density at radius 2 is 1.79 bits per heavy atom. The first-order valence-corrected chi connectivity index (χ1v) is 6.26. The van der Waals surface area contributed by atoms with E-state index in [1.165, 1.54) is 6.08 Å². The number of hydrogen-bond donors (Lipinski definition) is 0. The fourth-order valence-corrected chi connectivity index (χ4v) is 1.85. The zero-order chi connectivity index (χ0) is 13.5. The lowest BCUT2D eigenvalue weighted by atomic mass is 10.2. The third kappa shape index (κ3) is 3.70. The Balaban J connectivity index is 2.13. The van der Waals surface area contributed by atoms with Crippen LogP contribution in [0.5, 0.6) is 5.75 Å². The van der Waals surface area contributed by atoms with Crippen LogP contribution in [0.3, 0.4) is 0 Å². The molecule has 96 valence electrons. The minimum atomic E-state index is 0.394. The molecular formula is C16H13ClO2. The maximum Gasteiger partial charge on any atom is 0.142 e. The summed E-state index contributed by atoms with van der Waals surface area (Å²) in [7, 11) is 0. The zero-order valence-corrected chi connectivity index (χ0v) is 11.0. The van der Waals surface area contributed by atoms with E-state index in [0.29, 0.717) is 11.6 Å². The quantitative estimate of drug-likeness (QED) is 0.604. The van der Waals surface area contributed by atoms with E-state index in [9.17, 15) is 4.79 Å². The molecule has 0 saturated carbocycles. The molecule has 0 N–H and O–H groups in total. The van der Waals surface area contributed by atoms with E-state index in [2.05, 4.69) is 0 Å². The maximum absolute atomic E-state index is 10.4. The molecule has 0 aliphatic heterocycles. The summed E-state index contributed by atoms with van der Waals surface area (Å²) in [6.07, 6.45) is 3.90. The Bertz CT molecular complexity index is 591. The highest BCUT2D eigenvalue weighted by atomic mass is 35.5. The fraction of sp³-hybridized carbons (Fsp3) is 0.0625. The molecule has 0 aliphatic carbocycles. The van der Waals surface area contributed by atoms with Gasteiger partial charge in [0.25, 0.3) is 0 Å². The zero-order valence-electron chi connectivity index (χ0n) is 10.3. The van der Waals surface area contributed by atoms with E-state index in [0.717, 1.165) is 23.2 Å². The van der Waals surface area contributed by atoms with Crippen LogP contribution in [0.4, 0.5) is 0 Å². The van der Waals surface area contributed by atoms with Crippen LogP contribution in [0.2, 0.25) is 5.02 Å². The van der Waals surface area contributed by atoms with Crippen molar-refractivity contribution in [1.82, 2.24) is 0 Å². The molecular weight excluding hydrogens is 260 g/mol. The fourth-order valence-electron chi connectivity index (χ4n) is 1.66. The lowest BCUT2D eigenvalue weighted by molar-refractivity contribution is -0.104. The number of rotatable bonds is 5. The summed E-state index contributed by atoms with van der Waals surface area (Å²) >= 11 is 6.07. The van der Waals surface area contributed by atoms with Gasteiger partial charge in [-0.25, -0.2) is 0 Å². The van der Waals surface area contributed by atoms with Crippen LogP contribution in [-0.2, 0) is 11.4 Å². The van der Waals surface area contributed by atoms with Crippen molar-refractivity contribution in [2.75, 3.05) is 0 Å². The molecule has 2 nitrogen and oxygen atoms in total. The molecule has 0 bridgehead atoms. The van der Waals surface area contributed by atoms with E-state index in [-0.39, 0.29) is 0 Å². The molecule has 0 atom stereocenters. The Morgan fingerprint density at radius 3 is 2.58 bits per heavy atom. The highest BCUT2D eigenvalue weighted by molar-refractivity contribution is 6.31. The van der Waals surface area contributed by atoms with Gasteiger partial charge in [0.1, 0.15) is 18.6 Å². The van der Waals surface area contributed by atoms with Gasteiger partial charge in [0.15, 0.2) is 0 Å².